The van der Waals surface area contributed by atoms with Gasteiger partial charge in [0.2, 0.25) is 0 Å². The summed E-state index contributed by atoms with van der Waals surface area (Å²) < 4.78 is 32.0. The summed E-state index contributed by atoms with van der Waals surface area (Å²) in [5.74, 6) is -1.76. The van der Waals surface area contributed by atoms with Crippen molar-refractivity contribution in [1.29, 1.82) is 0 Å². The van der Waals surface area contributed by atoms with E-state index in [1.807, 2.05) is 25.1 Å². The van der Waals surface area contributed by atoms with E-state index >= 15 is 0 Å². The molecule has 0 saturated carbocycles. The van der Waals surface area contributed by atoms with Crippen molar-refractivity contribution in [1.82, 2.24) is 4.90 Å². The van der Waals surface area contributed by atoms with Crippen molar-refractivity contribution in [2.24, 2.45) is 0 Å². The number of hydrogen-bond acceptors (Lipinski definition) is 2. The van der Waals surface area contributed by atoms with E-state index < -0.39 is 5.92 Å². The number of nitrogens with zero attached hydrogens (tertiary/aromatic N) is 1. The van der Waals surface area contributed by atoms with Gasteiger partial charge in [0, 0.05) is 18.5 Å². The number of aryl methyl sites for hydroxylation is 1. The Labute approximate surface area is 107 Å². The van der Waals surface area contributed by atoms with E-state index in [0.717, 1.165) is 23.4 Å². The Morgan fingerprint density at radius 3 is 2.83 bits per heavy atom. The summed E-state index contributed by atoms with van der Waals surface area (Å²) >= 11 is 0. The van der Waals surface area contributed by atoms with Gasteiger partial charge in [-0.2, -0.15) is 0 Å². The molecule has 1 aliphatic rings. The zero-order valence-electron chi connectivity index (χ0n) is 10.9. The quantitative estimate of drug-likeness (QED) is 0.822. The Hall–Kier alpha value is -1.16. The van der Waals surface area contributed by atoms with Crippen molar-refractivity contribution < 1.29 is 13.5 Å². The maximum atomic E-state index is 13.3. The zero-order valence-corrected chi connectivity index (χ0v) is 10.9. The van der Waals surface area contributed by atoms with E-state index in [1.54, 1.807) is 12.0 Å². The van der Waals surface area contributed by atoms with Gasteiger partial charge in [0.25, 0.3) is 5.92 Å². The Kier molecular flexibility index (Phi) is 3.85. The molecule has 1 aromatic carbocycles. The van der Waals surface area contributed by atoms with Crippen LogP contribution < -0.4 is 4.74 Å². The lowest BCUT2D eigenvalue weighted by Crippen LogP contribution is -2.42. The molecule has 0 bridgehead atoms. The molecule has 1 aliphatic heterocycles. The number of likely N-dealkylation sites (tertiary alicyclic amines) is 1. The lowest BCUT2D eigenvalue weighted by atomic mass is 10.1. The predicted molar refractivity (Wildman–Crippen MR) is 67.2 cm³/mol. The number of halogens is 2. The fourth-order valence-corrected chi connectivity index (χ4v) is 2.40. The first-order chi connectivity index (χ1) is 8.50. The van der Waals surface area contributed by atoms with Crippen molar-refractivity contribution in [3.05, 3.63) is 29.3 Å². The highest BCUT2D eigenvalue weighted by molar-refractivity contribution is 5.37. The van der Waals surface area contributed by atoms with Crippen LogP contribution in [0.1, 0.15) is 24.0 Å². The van der Waals surface area contributed by atoms with E-state index in [-0.39, 0.29) is 13.0 Å². The SMILES string of the molecule is COc1cc(C)ccc1CN1CCCC(F)(F)C1. The van der Waals surface area contributed by atoms with Gasteiger partial charge >= 0.3 is 0 Å². The molecule has 18 heavy (non-hydrogen) atoms. The third kappa shape index (κ3) is 3.19. The normalized spacial score (nSPS) is 19.8. The smallest absolute Gasteiger partial charge is 0.260 e. The molecule has 0 N–H and O–H groups in total. The molecule has 0 amide bonds. The first kappa shape index (κ1) is 13.3. The van der Waals surface area contributed by atoms with Crippen LogP contribution in [0.5, 0.6) is 5.75 Å². The third-order valence-corrected chi connectivity index (χ3v) is 3.31. The average molecular weight is 255 g/mol. The first-order valence-electron chi connectivity index (χ1n) is 6.24. The maximum absolute atomic E-state index is 13.3. The lowest BCUT2D eigenvalue weighted by Gasteiger charge is -2.32. The van der Waals surface area contributed by atoms with Crippen molar-refractivity contribution in [2.75, 3.05) is 20.2 Å². The number of alkyl halides is 2. The second-order valence-electron chi connectivity index (χ2n) is 4.99. The third-order valence-electron chi connectivity index (χ3n) is 3.31. The number of rotatable bonds is 3. The van der Waals surface area contributed by atoms with Gasteiger partial charge in [0.15, 0.2) is 0 Å². The molecule has 1 fully saturated rings. The van der Waals surface area contributed by atoms with E-state index in [2.05, 4.69) is 0 Å². The van der Waals surface area contributed by atoms with Crippen LogP contribution >= 0.6 is 0 Å². The van der Waals surface area contributed by atoms with Crippen LogP contribution in [0.4, 0.5) is 8.78 Å². The van der Waals surface area contributed by atoms with Crippen LogP contribution in [-0.2, 0) is 6.54 Å². The molecule has 100 valence electrons. The Morgan fingerprint density at radius 1 is 1.39 bits per heavy atom. The molecule has 2 nitrogen and oxygen atoms in total. The van der Waals surface area contributed by atoms with E-state index in [4.69, 9.17) is 4.74 Å². The predicted octanol–water partition coefficient (Wildman–Crippen LogP) is 3.23. The molecular weight excluding hydrogens is 236 g/mol. The highest BCUT2D eigenvalue weighted by Gasteiger charge is 2.35. The Morgan fingerprint density at radius 2 is 2.17 bits per heavy atom. The average Bonchev–Trinajstić information content (AvgIpc) is 2.30. The summed E-state index contributed by atoms with van der Waals surface area (Å²) in [6.45, 7) is 3.09. The molecule has 1 saturated heterocycles. The van der Waals surface area contributed by atoms with Crippen LogP contribution in [0, 0.1) is 6.92 Å². The molecule has 0 aromatic heterocycles. The minimum Gasteiger partial charge on any atom is -0.496 e. The van der Waals surface area contributed by atoms with Crippen molar-refractivity contribution in [3.8, 4) is 5.75 Å². The Balaban J connectivity index is 2.09. The molecule has 1 aromatic rings. The lowest BCUT2D eigenvalue weighted by molar-refractivity contribution is -0.0662. The van der Waals surface area contributed by atoms with Crippen molar-refractivity contribution in [2.45, 2.75) is 32.2 Å². The highest BCUT2D eigenvalue weighted by atomic mass is 19.3. The molecular formula is C14H19F2NO. The molecule has 0 unspecified atom stereocenters. The van der Waals surface area contributed by atoms with Crippen LogP contribution in [-0.4, -0.2) is 31.0 Å². The first-order valence-corrected chi connectivity index (χ1v) is 6.24. The van der Waals surface area contributed by atoms with Gasteiger partial charge < -0.3 is 4.74 Å². The molecule has 0 atom stereocenters. The fourth-order valence-electron chi connectivity index (χ4n) is 2.40. The molecule has 0 aliphatic carbocycles. The van der Waals surface area contributed by atoms with Crippen LogP contribution in [0.15, 0.2) is 18.2 Å². The largest absolute Gasteiger partial charge is 0.496 e. The summed E-state index contributed by atoms with van der Waals surface area (Å²) in [7, 11) is 1.61. The van der Waals surface area contributed by atoms with Gasteiger partial charge in [-0.15, -0.1) is 0 Å². The second-order valence-corrected chi connectivity index (χ2v) is 4.99. The minimum absolute atomic E-state index is 0.00847. The van der Waals surface area contributed by atoms with Gasteiger partial charge in [-0.25, -0.2) is 8.78 Å². The van der Waals surface area contributed by atoms with Crippen LogP contribution in [0.2, 0.25) is 0 Å². The van der Waals surface area contributed by atoms with Crippen LogP contribution in [0.25, 0.3) is 0 Å². The molecule has 1 heterocycles. The summed E-state index contributed by atoms with van der Waals surface area (Å²) in [6, 6.07) is 5.89. The van der Waals surface area contributed by atoms with Gasteiger partial charge in [0.1, 0.15) is 5.75 Å². The highest BCUT2D eigenvalue weighted by Crippen LogP contribution is 2.29. The molecule has 0 spiro atoms. The summed E-state index contributed by atoms with van der Waals surface area (Å²) in [4.78, 5) is 1.80. The topological polar surface area (TPSA) is 12.5 Å². The second kappa shape index (κ2) is 5.22. The van der Waals surface area contributed by atoms with Crippen LogP contribution in [0.3, 0.4) is 0 Å². The maximum Gasteiger partial charge on any atom is 0.260 e. The van der Waals surface area contributed by atoms with E-state index in [9.17, 15) is 8.78 Å². The number of ether oxygens (including phenoxy) is 1. The molecule has 2 rings (SSSR count). The van der Waals surface area contributed by atoms with E-state index in [1.165, 1.54) is 0 Å². The van der Waals surface area contributed by atoms with Crippen molar-refractivity contribution in [3.63, 3.8) is 0 Å². The van der Waals surface area contributed by atoms with Crippen molar-refractivity contribution >= 4 is 0 Å². The number of methoxy groups -OCH3 is 1. The monoisotopic (exact) mass is 255 g/mol. The summed E-state index contributed by atoms with van der Waals surface area (Å²) in [5.41, 5.74) is 2.08. The fraction of sp³-hybridized carbons (Fsp3) is 0.571. The standard InChI is InChI=1S/C14H19F2NO/c1-11-4-5-12(13(8-11)18-2)9-17-7-3-6-14(15,16)10-17/h4-5,8H,3,6-7,9-10H2,1-2H3. The zero-order chi connectivity index (χ0) is 13.2. The van der Waals surface area contributed by atoms with Gasteiger partial charge in [-0.3, -0.25) is 4.90 Å². The Bertz CT molecular complexity index is 420. The number of benzene rings is 1. The summed E-state index contributed by atoms with van der Waals surface area (Å²) in [5, 5.41) is 0. The van der Waals surface area contributed by atoms with Gasteiger partial charge in [-0.1, -0.05) is 12.1 Å². The molecule has 4 heteroatoms. The number of hydrogen-bond donors (Lipinski definition) is 0. The molecule has 0 radical (unpaired) electrons. The van der Waals surface area contributed by atoms with E-state index in [0.29, 0.717) is 13.0 Å². The van der Waals surface area contributed by atoms with Gasteiger partial charge in [0.05, 0.1) is 13.7 Å². The van der Waals surface area contributed by atoms with Gasteiger partial charge in [-0.05, 0) is 31.5 Å². The summed E-state index contributed by atoms with van der Waals surface area (Å²) in [6.07, 6.45) is 0.565. The minimum atomic E-state index is -2.55. The number of piperidine rings is 1.